The van der Waals surface area contributed by atoms with E-state index >= 15 is 0 Å². The lowest BCUT2D eigenvalue weighted by molar-refractivity contribution is 0.112. The summed E-state index contributed by atoms with van der Waals surface area (Å²) in [5, 5.41) is 2.97. The van der Waals surface area contributed by atoms with Gasteiger partial charge in [-0.3, -0.25) is 14.5 Å². The molecule has 0 radical (unpaired) electrons. The van der Waals surface area contributed by atoms with Crippen molar-refractivity contribution in [1.29, 1.82) is 0 Å². The average molecular weight is 398 g/mol. The lowest BCUT2D eigenvalue weighted by Crippen LogP contribution is -2.32. The number of benzene rings is 1. The monoisotopic (exact) mass is 397 g/mol. The van der Waals surface area contributed by atoms with Crippen LogP contribution in [0.1, 0.15) is 70.5 Å². The zero-order valence-corrected chi connectivity index (χ0v) is 18.5. The number of aromatic nitrogens is 1. The number of aromatic amines is 1. The van der Waals surface area contributed by atoms with Crippen LogP contribution in [0.4, 0.5) is 0 Å². The van der Waals surface area contributed by atoms with E-state index < -0.39 is 0 Å². The number of aldehydes is 1. The molecule has 0 bridgehead atoms. The Morgan fingerprint density at radius 1 is 1.10 bits per heavy atom. The zero-order chi connectivity index (χ0) is 21.4. The number of nitrogens with zero attached hydrogens (tertiary/aromatic N) is 1. The SMILES string of the molecule is CNCc1c(C)cc(C)[nH]c1=O.Cc1cc(C(C)N2CCCCC2)ccc1C=O. The minimum atomic E-state index is 0.0156. The molecule has 5 nitrogen and oxygen atoms in total. The lowest BCUT2D eigenvalue weighted by atomic mass is 9.99. The van der Waals surface area contributed by atoms with Crippen molar-refractivity contribution < 1.29 is 4.79 Å². The van der Waals surface area contributed by atoms with Gasteiger partial charge in [0.15, 0.2) is 0 Å². The van der Waals surface area contributed by atoms with Gasteiger partial charge >= 0.3 is 0 Å². The standard InChI is InChI=1S/C15H21NO.C9H14N2O/c1-12-10-14(6-7-15(12)11-17)13(2)16-8-4-3-5-9-16;1-6-4-7(2)11-9(12)8(6)5-10-3/h6-7,10-11,13H,3-5,8-9H2,1-2H3;4,10H,5H2,1-3H3,(H,11,12). The van der Waals surface area contributed by atoms with Gasteiger partial charge in [-0.2, -0.15) is 0 Å². The van der Waals surface area contributed by atoms with E-state index in [4.69, 9.17) is 0 Å². The molecule has 1 aromatic heterocycles. The van der Waals surface area contributed by atoms with Crippen LogP contribution < -0.4 is 10.9 Å². The van der Waals surface area contributed by atoms with E-state index in [-0.39, 0.29) is 5.56 Å². The third-order valence-corrected chi connectivity index (χ3v) is 5.69. The van der Waals surface area contributed by atoms with Crippen LogP contribution in [0.2, 0.25) is 0 Å². The average Bonchev–Trinajstić information content (AvgIpc) is 2.71. The number of hydrogen-bond donors (Lipinski definition) is 2. The minimum absolute atomic E-state index is 0.0156. The van der Waals surface area contributed by atoms with Gasteiger partial charge in [0, 0.05) is 29.4 Å². The highest BCUT2D eigenvalue weighted by atomic mass is 16.1. The van der Waals surface area contributed by atoms with Gasteiger partial charge in [-0.05, 0) is 83.4 Å². The molecular weight excluding hydrogens is 362 g/mol. The van der Waals surface area contributed by atoms with Crippen LogP contribution in [0.5, 0.6) is 0 Å². The fourth-order valence-corrected chi connectivity index (χ4v) is 3.89. The van der Waals surface area contributed by atoms with Crippen LogP contribution in [-0.2, 0) is 6.54 Å². The van der Waals surface area contributed by atoms with Gasteiger partial charge in [0.25, 0.3) is 5.56 Å². The molecule has 1 saturated heterocycles. The Labute approximate surface area is 174 Å². The third kappa shape index (κ3) is 6.38. The van der Waals surface area contributed by atoms with Crippen molar-refractivity contribution in [2.45, 2.75) is 59.5 Å². The van der Waals surface area contributed by atoms with Crippen LogP contribution >= 0.6 is 0 Å². The maximum Gasteiger partial charge on any atom is 0.252 e. The summed E-state index contributed by atoms with van der Waals surface area (Å²) in [5.41, 5.74) is 6.02. The highest BCUT2D eigenvalue weighted by molar-refractivity contribution is 5.77. The molecule has 158 valence electrons. The maximum atomic E-state index is 11.4. The molecule has 1 aliphatic rings. The topological polar surface area (TPSA) is 65.2 Å². The zero-order valence-electron chi connectivity index (χ0n) is 18.5. The Morgan fingerprint density at radius 3 is 2.34 bits per heavy atom. The van der Waals surface area contributed by atoms with Gasteiger partial charge in [0.05, 0.1) is 0 Å². The summed E-state index contributed by atoms with van der Waals surface area (Å²) >= 11 is 0. The summed E-state index contributed by atoms with van der Waals surface area (Å²) in [6, 6.07) is 8.64. The fourth-order valence-electron chi connectivity index (χ4n) is 3.89. The van der Waals surface area contributed by atoms with E-state index in [2.05, 4.69) is 34.3 Å². The number of rotatable bonds is 5. The Balaban J connectivity index is 0.000000221. The van der Waals surface area contributed by atoms with Gasteiger partial charge in [-0.25, -0.2) is 0 Å². The van der Waals surface area contributed by atoms with Crippen molar-refractivity contribution in [3.63, 3.8) is 0 Å². The van der Waals surface area contributed by atoms with E-state index in [1.807, 2.05) is 40.0 Å². The number of carbonyl (C=O) groups is 1. The maximum absolute atomic E-state index is 11.4. The van der Waals surface area contributed by atoms with Crippen molar-refractivity contribution in [2.75, 3.05) is 20.1 Å². The molecular formula is C24H35N3O2. The van der Waals surface area contributed by atoms with E-state index in [0.717, 1.165) is 34.2 Å². The molecule has 1 aliphatic heterocycles. The first-order chi connectivity index (χ1) is 13.9. The van der Waals surface area contributed by atoms with E-state index in [9.17, 15) is 9.59 Å². The number of likely N-dealkylation sites (tertiary alicyclic amines) is 1. The first-order valence-electron chi connectivity index (χ1n) is 10.5. The predicted molar refractivity (Wildman–Crippen MR) is 120 cm³/mol. The molecule has 0 aliphatic carbocycles. The summed E-state index contributed by atoms with van der Waals surface area (Å²) in [5.74, 6) is 0. The number of nitrogens with one attached hydrogen (secondary N) is 2. The van der Waals surface area contributed by atoms with Gasteiger partial charge < -0.3 is 10.3 Å². The number of aryl methyl sites for hydroxylation is 3. The Bertz CT molecular complexity index is 867. The number of H-pyrrole nitrogens is 1. The predicted octanol–water partition coefficient (Wildman–Crippen LogP) is 4.07. The number of pyridine rings is 1. The van der Waals surface area contributed by atoms with Crippen molar-refractivity contribution in [3.8, 4) is 0 Å². The second kappa shape index (κ2) is 11.1. The third-order valence-electron chi connectivity index (χ3n) is 5.69. The fraction of sp³-hybridized carbons (Fsp3) is 0.500. The molecule has 1 atom stereocenters. The molecule has 2 N–H and O–H groups in total. The lowest BCUT2D eigenvalue weighted by Gasteiger charge is -2.32. The molecule has 0 amide bonds. The van der Waals surface area contributed by atoms with Crippen molar-refractivity contribution in [3.05, 3.63) is 68.1 Å². The van der Waals surface area contributed by atoms with Crippen LogP contribution in [0.3, 0.4) is 0 Å². The van der Waals surface area contributed by atoms with Gasteiger partial charge in [-0.15, -0.1) is 0 Å². The number of hydrogen-bond acceptors (Lipinski definition) is 4. The summed E-state index contributed by atoms with van der Waals surface area (Å²) in [6.45, 7) is 11.1. The normalized spacial score (nSPS) is 15.3. The summed E-state index contributed by atoms with van der Waals surface area (Å²) < 4.78 is 0. The van der Waals surface area contributed by atoms with Crippen LogP contribution in [0.15, 0.2) is 29.1 Å². The van der Waals surface area contributed by atoms with E-state index in [0.29, 0.717) is 12.6 Å². The van der Waals surface area contributed by atoms with Crippen LogP contribution in [0.25, 0.3) is 0 Å². The Hall–Kier alpha value is -2.24. The smallest absolute Gasteiger partial charge is 0.252 e. The molecule has 0 saturated carbocycles. The summed E-state index contributed by atoms with van der Waals surface area (Å²) in [6.07, 6.45) is 4.93. The van der Waals surface area contributed by atoms with E-state index in [1.165, 1.54) is 37.9 Å². The Morgan fingerprint density at radius 2 is 1.79 bits per heavy atom. The van der Waals surface area contributed by atoms with Gasteiger partial charge in [0.1, 0.15) is 6.29 Å². The molecule has 5 heteroatoms. The molecule has 1 aromatic carbocycles. The summed E-state index contributed by atoms with van der Waals surface area (Å²) in [7, 11) is 1.83. The largest absolute Gasteiger partial charge is 0.326 e. The highest BCUT2D eigenvalue weighted by Crippen LogP contribution is 2.25. The van der Waals surface area contributed by atoms with Crippen molar-refractivity contribution >= 4 is 6.29 Å². The highest BCUT2D eigenvalue weighted by Gasteiger charge is 2.18. The second-order valence-corrected chi connectivity index (χ2v) is 7.98. The first-order valence-corrected chi connectivity index (χ1v) is 10.5. The summed E-state index contributed by atoms with van der Waals surface area (Å²) in [4.78, 5) is 27.5. The molecule has 1 unspecified atom stereocenters. The second-order valence-electron chi connectivity index (χ2n) is 7.98. The van der Waals surface area contributed by atoms with Crippen LogP contribution in [0, 0.1) is 20.8 Å². The Kier molecular flexibility index (Phi) is 8.80. The molecule has 29 heavy (non-hydrogen) atoms. The number of piperidine rings is 1. The quantitative estimate of drug-likeness (QED) is 0.747. The number of carbonyl (C=O) groups excluding carboxylic acids is 1. The minimum Gasteiger partial charge on any atom is -0.326 e. The molecule has 1 fully saturated rings. The molecule has 3 rings (SSSR count). The van der Waals surface area contributed by atoms with E-state index in [1.54, 1.807) is 0 Å². The molecule has 2 aromatic rings. The molecule has 0 spiro atoms. The van der Waals surface area contributed by atoms with Crippen molar-refractivity contribution in [1.82, 2.24) is 15.2 Å². The van der Waals surface area contributed by atoms with Gasteiger partial charge in [-0.1, -0.05) is 24.6 Å². The van der Waals surface area contributed by atoms with Crippen molar-refractivity contribution in [2.24, 2.45) is 0 Å². The molecule has 2 heterocycles. The van der Waals surface area contributed by atoms with Crippen LogP contribution in [-0.4, -0.2) is 36.3 Å². The first kappa shape index (κ1) is 23.0. The van der Waals surface area contributed by atoms with Gasteiger partial charge in [0.2, 0.25) is 0 Å².